The van der Waals surface area contributed by atoms with E-state index >= 15 is 0 Å². The van der Waals surface area contributed by atoms with Gasteiger partial charge in [0.05, 0.1) is 0 Å². The fourth-order valence-corrected chi connectivity index (χ4v) is 2.19. The van der Waals surface area contributed by atoms with Gasteiger partial charge in [-0.05, 0) is 47.2 Å². The van der Waals surface area contributed by atoms with E-state index in [9.17, 15) is 4.79 Å². The first-order chi connectivity index (χ1) is 11.8. The molecule has 0 atom stereocenters. The van der Waals surface area contributed by atoms with Crippen LogP contribution in [0, 0.1) is 0 Å². The molecule has 7 nitrogen and oxygen atoms in total. The lowest BCUT2D eigenvalue weighted by Crippen LogP contribution is -2.08. The number of nitrogens with zero attached hydrogens (tertiary/aromatic N) is 5. The average Bonchev–Trinajstić information content (AvgIpc) is 3.10. The second-order valence-corrected chi connectivity index (χ2v) is 5.01. The SMILES string of the molecule is CCn1nnnc1-c1cccc(NC(=O)/C=C/c2cccnc2)c1. The van der Waals surface area contributed by atoms with Gasteiger partial charge in [0, 0.05) is 36.3 Å². The Balaban J connectivity index is 1.73. The predicted molar refractivity (Wildman–Crippen MR) is 90.8 cm³/mol. The third-order valence-electron chi connectivity index (χ3n) is 3.33. The maximum absolute atomic E-state index is 12.0. The van der Waals surface area contributed by atoms with E-state index in [1.165, 1.54) is 6.08 Å². The molecule has 0 aliphatic carbocycles. The second-order valence-electron chi connectivity index (χ2n) is 5.01. The highest BCUT2D eigenvalue weighted by atomic mass is 16.1. The summed E-state index contributed by atoms with van der Waals surface area (Å²) in [6, 6.07) is 11.1. The first-order valence-electron chi connectivity index (χ1n) is 7.52. The normalized spacial score (nSPS) is 10.9. The van der Waals surface area contributed by atoms with Crippen molar-refractivity contribution < 1.29 is 4.79 Å². The Kier molecular flexibility index (Phi) is 4.71. The summed E-state index contributed by atoms with van der Waals surface area (Å²) >= 11 is 0. The van der Waals surface area contributed by atoms with E-state index in [1.54, 1.807) is 23.2 Å². The number of hydrogen-bond donors (Lipinski definition) is 1. The zero-order valence-corrected chi connectivity index (χ0v) is 13.1. The van der Waals surface area contributed by atoms with Gasteiger partial charge in [-0.3, -0.25) is 9.78 Å². The molecule has 0 aliphatic rings. The Morgan fingerprint density at radius 2 is 2.21 bits per heavy atom. The van der Waals surface area contributed by atoms with Crippen LogP contribution in [0.2, 0.25) is 0 Å². The number of aryl methyl sites for hydroxylation is 1. The largest absolute Gasteiger partial charge is 0.322 e. The number of tetrazole rings is 1. The standard InChI is InChI=1S/C17H16N6O/c1-2-23-17(20-21-22-23)14-6-3-7-15(11-14)19-16(24)9-8-13-5-4-10-18-12-13/h3-12H,2H2,1H3,(H,19,24)/b9-8+. The van der Waals surface area contributed by atoms with Gasteiger partial charge in [0.15, 0.2) is 5.82 Å². The highest BCUT2D eigenvalue weighted by Gasteiger charge is 2.08. The lowest BCUT2D eigenvalue weighted by molar-refractivity contribution is -0.111. The van der Waals surface area contributed by atoms with Gasteiger partial charge in [-0.25, -0.2) is 4.68 Å². The number of benzene rings is 1. The molecule has 0 fully saturated rings. The molecule has 3 aromatic rings. The van der Waals surface area contributed by atoms with Crippen molar-refractivity contribution in [2.24, 2.45) is 0 Å². The average molecular weight is 320 g/mol. The molecule has 1 amide bonds. The smallest absolute Gasteiger partial charge is 0.248 e. The van der Waals surface area contributed by atoms with E-state index in [2.05, 4.69) is 25.8 Å². The Morgan fingerprint density at radius 3 is 3.00 bits per heavy atom. The van der Waals surface area contributed by atoms with Gasteiger partial charge in [-0.1, -0.05) is 18.2 Å². The maximum Gasteiger partial charge on any atom is 0.248 e. The van der Waals surface area contributed by atoms with Gasteiger partial charge in [-0.15, -0.1) is 5.10 Å². The molecule has 1 aromatic carbocycles. The molecule has 0 bridgehead atoms. The third kappa shape index (κ3) is 3.70. The Bertz CT molecular complexity index is 856. The van der Waals surface area contributed by atoms with Gasteiger partial charge in [0.1, 0.15) is 0 Å². The molecule has 2 aromatic heterocycles. The highest BCUT2D eigenvalue weighted by molar-refractivity contribution is 6.02. The monoisotopic (exact) mass is 320 g/mol. The zero-order valence-electron chi connectivity index (χ0n) is 13.1. The Morgan fingerprint density at radius 1 is 1.29 bits per heavy atom. The van der Waals surface area contributed by atoms with Gasteiger partial charge in [0.2, 0.25) is 5.91 Å². The fraction of sp³-hybridized carbons (Fsp3) is 0.118. The van der Waals surface area contributed by atoms with Crippen molar-refractivity contribution >= 4 is 17.7 Å². The first kappa shape index (κ1) is 15.5. The fourth-order valence-electron chi connectivity index (χ4n) is 2.19. The second kappa shape index (κ2) is 7.28. The minimum absolute atomic E-state index is 0.217. The number of aromatic nitrogens is 5. The van der Waals surface area contributed by atoms with Crippen molar-refractivity contribution in [1.82, 2.24) is 25.2 Å². The summed E-state index contributed by atoms with van der Waals surface area (Å²) < 4.78 is 1.70. The number of carbonyl (C=O) groups excluding carboxylic acids is 1. The molecule has 7 heteroatoms. The minimum Gasteiger partial charge on any atom is -0.322 e. The van der Waals surface area contributed by atoms with Gasteiger partial charge >= 0.3 is 0 Å². The summed E-state index contributed by atoms with van der Waals surface area (Å²) in [5.74, 6) is 0.450. The van der Waals surface area contributed by atoms with Crippen molar-refractivity contribution in [3.8, 4) is 11.4 Å². The van der Waals surface area contributed by atoms with Crippen molar-refractivity contribution in [3.05, 3.63) is 60.4 Å². The number of pyridine rings is 1. The van der Waals surface area contributed by atoms with Crippen LogP contribution < -0.4 is 5.32 Å². The van der Waals surface area contributed by atoms with Crippen LogP contribution in [0.15, 0.2) is 54.9 Å². The van der Waals surface area contributed by atoms with Crippen LogP contribution in [0.25, 0.3) is 17.5 Å². The van der Waals surface area contributed by atoms with Crippen LogP contribution in [0.5, 0.6) is 0 Å². The summed E-state index contributed by atoms with van der Waals surface area (Å²) in [5.41, 5.74) is 2.39. The number of nitrogens with one attached hydrogen (secondary N) is 1. The number of carbonyl (C=O) groups is 1. The lowest BCUT2D eigenvalue weighted by Gasteiger charge is -2.05. The molecule has 0 saturated carbocycles. The van der Waals surface area contributed by atoms with Crippen LogP contribution in [0.3, 0.4) is 0 Å². The van der Waals surface area contributed by atoms with E-state index in [0.29, 0.717) is 18.1 Å². The van der Waals surface area contributed by atoms with Crippen molar-refractivity contribution in [3.63, 3.8) is 0 Å². The van der Waals surface area contributed by atoms with Gasteiger partial charge in [-0.2, -0.15) is 0 Å². The van der Waals surface area contributed by atoms with Gasteiger partial charge < -0.3 is 5.32 Å². The maximum atomic E-state index is 12.0. The van der Waals surface area contributed by atoms with Crippen molar-refractivity contribution in [2.75, 3.05) is 5.32 Å². The molecular weight excluding hydrogens is 304 g/mol. The van der Waals surface area contributed by atoms with Crippen LogP contribution in [0.1, 0.15) is 12.5 Å². The van der Waals surface area contributed by atoms with E-state index in [4.69, 9.17) is 0 Å². The van der Waals surface area contributed by atoms with E-state index in [-0.39, 0.29) is 5.91 Å². The van der Waals surface area contributed by atoms with Crippen LogP contribution in [0.4, 0.5) is 5.69 Å². The first-order valence-corrected chi connectivity index (χ1v) is 7.52. The summed E-state index contributed by atoms with van der Waals surface area (Å²) in [4.78, 5) is 16.0. The van der Waals surface area contributed by atoms with Crippen LogP contribution >= 0.6 is 0 Å². The number of hydrogen-bond acceptors (Lipinski definition) is 5. The zero-order chi connectivity index (χ0) is 16.8. The van der Waals surface area contributed by atoms with E-state index in [1.807, 2.05) is 43.3 Å². The molecule has 24 heavy (non-hydrogen) atoms. The molecule has 0 aliphatic heterocycles. The van der Waals surface area contributed by atoms with Crippen molar-refractivity contribution in [2.45, 2.75) is 13.5 Å². The van der Waals surface area contributed by atoms with Crippen molar-refractivity contribution in [1.29, 1.82) is 0 Å². The molecular formula is C17H16N6O. The van der Waals surface area contributed by atoms with Crippen LogP contribution in [-0.4, -0.2) is 31.1 Å². The third-order valence-corrected chi connectivity index (χ3v) is 3.33. The highest BCUT2D eigenvalue weighted by Crippen LogP contribution is 2.20. The quantitative estimate of drug-likeness (QED) is 0.730. The van der Waals surface area contributed by atoms with Gasteiger partial charge in [0.25, 0.3) is 0 Å². The predicted octanol–water partition coefficient (Wildman–Crippen LogP) is 2.41. The molecule has 120 valence electrons. The molecule has 1 N–H and O–H groups in total. The molecule has 0 radical (unpaired) electrons. The summed E-state index contributed by atoms with van der Waals surface area (Å²) in [6.07, 6.45) is 6.56. The lowest BCUT2D eigenvalue weighted by atomic mass is 10.2. The Hall–Kier alpha value is -3.35. The summed E-state index contributed by atoms with van der Waals surface area (Å²) in [5, 5.41) is 14.4. The topological polar surface area (TPSA) is 85.6 Å². The molecule has 2 heterocycles. The van der Waals surface area contributed by atoms with Crippen LogP contribution in [-0.2, 0) is 11.3 Å². The molecule has 0 spiro atoms. The Labute approximate surface area is 139 Å². The van der Waals surface area contributed by atoms with E-state index < -0.39 is 0 Å². The number of rotatable bonds is 5. The molecule has 0 saturated heterocycles. The minimum atomic E-state index is -0.217. The molecule has 0 unspecified atom stereocenters. The number of anilines is 1. The summed E-state index contributed by atoms with van der Waals surface area (Å²) in [7, 11) is 0. The number of amides is 1. The molecule has 3 rings (SSSR count). The summed E-state index contributed by atoms with van der Waals surface area (Å²) in [6.45, 7) is 2.64. The van der Waals surface area contributed by atoms with E-state index in [0.717, 1.165) is 11.1 Å².